The van der Waals surface area contributed by atoms with Crippen LogP contribution in [0.3, 0.4) is 0 Å². The fourth-order valence-corrected chi connectivity index (χ4v) is 6.39. The third-order valence-electron chi connectivity index (χ3n) is 7.93. The van der Waals surface area contributed by atoms with E-state index in [2.05, 4.69) is 11.1 Å². The number of pyridine rings is 1. The number of benzene rings is 2. The molecule has 6 heteroatoms. The molecule has 0 N–H and O–H groups in total. The lowest BCUT2D eigenvalue weighted by Crippen LogP contribution is -2.41. The smallest absolute Gasteiger partial charge is 0.240 e. The number of hydrogen-bond donors (Lipinski definition) is 0. The molecular formula is C29H25N3O3. The second-order valence-corrected chi connectivity index (χ2v) is 10.0. The van der Waals surface area contributed by atoms with E-state index in [1.807, 2.05) is 74.5 Å². The number of aryl methyl sites for hydroxylation is 1. The van der Waals surface area contributed by atoms with Crippen molar-refractivity contribution in [2.45, 2.75) is 44.3 Å². The predicted molar refractivity (Wildman–Crippen MR) is 132 cm³/mol. The zero-order chi connectivity index (χ0) is 24.4. The molecule has 3 fully saturated rings. The minimum Gasteiger partial charge on any atom is -0.367 e. The molecule has 2 bridgehead atoms. The molecule has 6 rings (SSSR count). The molecule has 3 aliphatic heterocycles. The van der Waals surface area contributed by atoms with E-state index in [0.717, 1.165) is 28.6 Å². The Hall–Kier alpha value is -3.82. The van der Waals surface area contributed by atoms with Crippen molar-refractivity contribution in [3.8, 4) is 6.07 Å². The fraction of sp³-hybridized carbons (Fsp3) is 0.310. The minimum atomic E-state index is -0.731. The Kier molecular flexibility index (Phi) is 4.71. The highest BCUT2D eigenvalue weighted by Crippen LogP contribution is 2.62. The molecule has 4 unspecified atom stereocenters. The summed E-state index contributed by atoms with van der Waals surface area (Å²) < 4.78 is 6.52. The molecule has 35 heavy (non-hydrogen) atoms. The molecule has 0 spiro atoms. The van der Waals surface area contributed by atoms with Crippen LogP contribution in [0.25, 0.3) is 16.8 Å². The first-order valence-corrected chi connectivity index (χ1v) is 12.0. The highest BCUT2D eigenvalue weighted by atomic mass is 16.5. The molecule has 2 aromatic carbocycles. The summed E-state index contributed by atoms with van der Waals surface area (Å²) in [5.74, 6) is -1.65. The molecule has 0 saturated carbocycles. The number of nitriles is 1. The average Bonchev–Trinajstić information content (AvgIpc) is 3.43. The Balaban J connectivity index is 1.38. The van der Waals surface area contributed by atoms with E-state index in [9.17, 15) is 14.9 Å². The monoisotopic (exact) mass is 463 g/mol. The Morgan fingerprint density at radius 1 is 1.09 bits per heavy atom. The Morgan fingerprint density at radius 3 is 2.69 bits per heavy atom. The summed E-state index contributed by atoms with van der Waals surface area (Å²) in [6, 6.07) is 19.2. The van der Waals surface area contributed by atoms with Gasteiger partial charge in [0, 0.05) is 11.1 Å². The summed E-state index contributed by atoms with van der Waals surface area (Å²) in [6.45, 7) is 3.90. The minimum absolute atomic E-state index is 0.264. The SMILES string of the molecule is Cc1cccc(/C=C/CC23CCC(C)(O2)C2C(=O)N(c4ccc5ccccc5c4C#N)C(=O)C23)n1. The third-order valence-corrected chi connectivity index (χ3v) is 7.93. The highest BCUT2D eigenvalue weighted by molar-refractivity contribution is 6.24. The Labute approximate surface area is 203 Å². The van der Waals surface area contributed by atoms with Gasteiger partial charge in [0.15, 0.2) is 0 Å². The second-order valence-electron chi connectivity index (χ2n) is 10.0. The number of carbonyl (C=O) groups is 2. The number of imide groups is 1. The number of aromatic nitrogens is 1. The van der Waals surface area contributed by atoms with E-state index in [4.69, 9.17) is 4.74 Å². The number of ether oxygens (including phenoxy) is 1. The number of hydrogen-bond acceptors (Lipinski definition) is 5. The van der Waals surface area contributed by atoms with Gasteiger partial charge in [0.25, 0.3) is 0 Å². The van der Waals surface area contributed by atoms with Gasteiger partial charge in [-0.25, -0.2) is 4.90 Å². The van der Waals surface area contributed by atoms with Crippen LogP contribution in [0.15, 0.2) is 60.7 Å². The van der Waals surface area contributed by atoms with Crippen molar-refractivity contribution in [3.63, 3.8) is 0 Å². The van der Waals surface area contributed by atoms with Crippen molar-refractivity contribution in [3.05, 3.63) is 77.6 Å². The molecule has 3 aliphatic rings. The van der Waals surface area contributed by atoms with E-state index in [-0.39, 0.29) is 11.8 Å². The molecule has 3 saturated heterocycles. The van der Waals surface area contributed by atoms with Crippen molar-refractivity contribution in [1.82, 2.24) is 4.98 Å². The number of nitrogens with zero attached hydrogens (tertiary/aromatic N) is 3. The topological polar surface area (TPSA) is 83.3 Å². The molecule has 3 aromatic rings. The van der Waals surface area contributed by atoms with Gasteiger partial charge in [-0.05, 0) is 62.8 Å². The summed E-state index contributed by atoms with van der Waals surface area (Å²) >= 11 is 0. The molecular weight excluding hydrogens is 438 g/mol. The Bertz CT molecular complexity index is 1470. The van der Waals surface area contributed by atoms with Crippen molar-refractivity contribution in [1.29, 1.82) is 5.26 Å². The van der Waals surface area contributed by atoms with Crippen LogP contribution >= 0.6 is 0 Å². The number of amides is 2. The van der Waals surface area contributed by atoms with Gasteiger partial charge in [-0.1, -0.05) is 42.5 Å². The second kappa shape index (κ2) is 7.59. The van der Waals surface area contributed by atoms with E-state index < -0.39 is 23.0 Å². The van der Waals surface area contributed by atoms with Gasteiger partial charge in [0.1, 0.15) is 6.07 Å². The summed E-state index contributed by atoms with van der Waals surface area (Å²) in [5.41, 5.74) is 1.08. The lowest BCUT2D eigenvalue weighted by Gasteiger charge is -2.30. The molecule has 0 radical (unpaired) electrons. The van der Waals surface area contributed by atoms with Crippen LogP contribution in [-0.4, -0.2) is 28.0 Å². The lowest BCUT2D eigenvalue weighted by molar-refractivity contribution is -0.130. The maximum Gasteiger partial charge on any atom is 0.240 e. The number of rotatable bonds is 4. The van der Waals surface area contributed by atoms with Crippen LogP contribution < -0.4 is 4.90 Å². The van der Waals surface area contributed by atoms with E-state index in [0.29, 0.717) is 24.1 Å². The van der Waals surface area contributed by atoms with Crippen LogP contribution in [0, 0.1) is 30.1 Å². The number of fused-ring (bicyclic) bond motifs is 6. The van der Waals surface area contributed by atoms with E-state index in [1.165, 1.54) is 4.90 Å². The summed E-state index contributed by atoms with van der Waals surface area (Å²) in [5, 5.41) is 11.6. The highest BCUT2D eigenvalue weighted by Gasteiger charge is 2.73. The summed E-state index contributed by atoms with van der Waals surface area (Å²) in [6.07, 6.45) is 5.92. The number of carbonyl (C=O) groups excluding carboxylic acids is 2. The Morgan fingerprint density at radius 2 is 1.89 bits per heavy atom. The standard InChI is InChI=1S/C29H25N3O3/c1-18-7-5-9-20(31-18)10-6-14-29-16-15-28(2,35-29)24-25(29)27(34)32(26(24)33)23-13-12-19-8-3-4-11-21(19)22(23)17-30/h3-13,24-25H,14-16H2,1-2H3/b10-6+. The van der Waals surface area contributed by atoms with Gasteiger partial charge in [-0.2, -0.15) is 5.26 Å². The number of anilines is 1. The van der Waals surface area contributed by atoms with E-state index in [1.54, 1.807) is 6.07 Å². The molecule has 4 heterocycles. The van der Waals surface area contributed by atoms with Crippen LogP contribution in [0.2, 0.25) is 0 Å². The van der Waals surface area contributed by atoms with Crippen LogP contribution in [0.5, 0.6) is 0 Å². The third kappa shape index (κ3) is 3.08. The molecule has 4 atom stereocenters. The molecule has 1 aromatic heterocycles. The fourth-order valence-electron chi connectivity index (χ4n) is 6.39. The molecule has 174 valence electrons. The molecule has 6 nitrogen and oxygen atoms in total. The maximum atomic E-state index is 13.9. The van der Waals surface area contributed by atoms with Crippen molar-refractivity contribution in [2.75, 3.05) is 4.90 Å². The maximum absolute atomic E-state index is 13.9. The normalized spacial score (nSPS) is 29.3. The van der Waals surface area contributed by atoms with Crippen LogP contribution in [-0.2, 0) is 14.3 Å². The van der Waals surface area contributed by atoms with Crippen molar-refractivity contribution >= 4 is 34.4 Å². The van der Waals surface area contributed by atoms with Crippen LogP contribution in [0.1, 0.15) is 43.1 Å². The first-order chi connectivity index (χ1) is 16.9. The predicted octanol–water partition coefficient (Wildman–Crippen LogP) is 4.95. The first-order valence-electron chi connectivity index (χ1n) is 12.0. The van der Waals surface area contributed by atoms with E-state index >= 15 is 0 Å². The van der Waals surface area contributed by atoms with Gasteiger partial charge >= 0.3 is 0 Å². The van der Waals surface area contributed by atoms with Crippen molar-refractivity contribution < 1.29 is 14.3 Å². The largest absolute Gasteiger partial charge is 0.367 e. The van der Waals surface area contributed by atoms with Gasteiger partial charge in [-0.3, -0.25) is 14.6 Å². The lowest BCUT2D eigenvalue weighted by atomic mass is 9.67. The molecule has 2 amide bonds. The quantitative estimate of drug-likeness (QED) is 0.512. The van der Waals surface area contributed by atoms with Gasteiger partial charge in [0.2, 0.25) is 11.8 Å². The summed E-state index contributed by atoms with van der Waals surface area (Å²) in [4.78, 5) is 33.4. The zero-order valence-corrected chi connectivity index (χ0v) is 19.7. The van der Waals surface area contributed by atoms with Crippen LogP contribution in [0.4, 0.5) is 5.69 Å². The summed E-state index contributed by atoms with van der Waals surface area (Å²) in [7, 11) is 0. The van der Waals surface area contributed by atoms with Crippen molar-refractivity contribution in [2.24, 2.45) is 11.8 Å². The van der Waals surface area contributed by atoms with Gasteiger partial charge in [0.05, 0.1) is 40.0 Å². The first kappa shape index (κ1) is 21.7. The van der Waals surface area contributed by atoms with Gasteiger partial charge < -0.3 is 4.74 Å². The average molecular weight is 464 g/mol. The van der Waals surface area contributed by atoms with Gasteiger partial charge in [-0.15, -0.1) is 0 Å². The zero-order valence-electron chi connectivity index (χ0n) is 19.7. The molecule has 0 aliphatic carbocycles.